The van der Waals surface area contributed by atoms with Crippen molar-refractivity contribution in [1.82, 2.24) is 9.55 Å². The molecule has 120 valence electrons. The van der Waals surface area contributed by atoms with Crippen molar-refractivity contribution in [1.29, 1.82) is 5.26 Å². The van der Waals surface area contributed by atoms with E-state index in [2.05, 4.69) is 4.98 Å². The van der Waals surface area contributed by atoms with E-state index in [9.17, 15) is 14.4 Å². The molecule has 0 aliphatic heterocycles. The van der Waals surface area contributed by atoms with E-state index in [-0.39, 0.29) is 27.5 Å². The fourth-order valence-corrected chi connectivity index (χ4v) is 2.81. The first-order valence-corrected chi connectivity index (χ1v) is 7.52. The van der Waals surface area contributed by atoms with Gasteiger partial charge in [-0.3, -0.25) is 4.79 Å². The molecule has 3 rings (SSSR count). The largest absolute Gasteiger partial charge is 0.396 e. The Morgan fingerprint density at radius 2 is 2.08 bits per heavy atom. The number of hydrogen-bond acceptors (Lipinski definition) is 4. The standard InChI is InChI=1S/C17H12ClFN4O/c1-2-23-15-6-16(18)22-8-10(15)3-12(17(23)24)11-5-14(21)13(19)4-9(11)7-20/h3-6,8H,2,21H2,1H3. The molecule has 2 N–H and O–H groups in total. The van der Waals surface area contributed by atoms with Gasteiger partial charge in [0.15, 0.2) is 0 Å². The molecule has 5 nitrogen and oxygen atoms in total. The minimum atomic E-state index is -0.694. The molecule has 0 atom stereocenters. The lowest BCUT2D eigenvalue weighted by Gasteiger charge is -2.13. The summed E-state index contributed by atoms with van der Waals surface area (Å²) in [6.07, 6.45) is 1.55. The number of nitriles is 1. The zero-order valence-corrected chi connectivity index (χ0v) is 13.4. The third-order valence-electron chi connectivity index (χ3n) is 3.81. The van der Waals surface area contributed by atoms with Crippen molar-refractivity contribution in [3.63, 3.8) is 0 Å². The van der Waals surface area contributed by atoms with E-state index in [0.29, 0.717) is 23.0 Å². The number of hydrogen-bond donors (Lipinski definition) is 1. The van der Waals surface area contributed by atoms with E-state index in [4.69, 9.17) is 17.3 Å². The molecule has 24 heavy (non-hydrogen) atoms. The highest BCUT2D eigenvalue weighted by atomic mass is 35.5. The Morgan fingerprint density at radius 3 is 2.75 bits per heavy atom. The number of rotatable bonds is 2. The maximum Gasteiger partial charge on any atom is 0.258 e. The SMILES string of the molecule is CCn1c(=O)c(-c2cc(N)c(F)cc2C#N)cc2cnc(Cl)cc21. The number of aromatic nitrogens is 2. The predicted octanol–water partition coefficient (Wildman–Crippen LogP) is 3.33. The van der Waals surface area contributed by atoms with Gasteiger partial charge in [-0.05, 0) is 31.2 Å². The van der Waals surface area contributed by atoms with Crippen LogP contribution in [0.25, 0.3) is 22.0 Å². The monoisotopic (exact) mass is 342 g/mol. The van der Waals surface area contributed by atoms with Gasteiger partial charge in [-0.2, -0.15) is 5.26 Å². The molecule has 0 aliphatic rings. The van der Waals surface area contributed by atoms with E-state index >= 15 is 0 Å². The highest BCUT2D eigenvalue weighted by Gasteiger charge is 2.16. The third-order valence-corrected chi connectivity index (χ3v) is 4.02. The van der Waals surface area contributed by atoms with Gasteiger partial charge in [0.25, 0.3) is 5.56 Å². The van der Waals surface area contributed by atoms with Crippen LogP contribution in [0.4, 0.5) is 10.1 Å². The third kappa shape index (κ3) is 2.49. The number of nitrogens with zero attached hydrogens (tertiary/aromatic N) is 3. The lowest BCUT2D eigenvalue weighted by atomic mass is 9.99. The van der Waals surface area contributed by atoms with Crippen LogP contribution < -0.4 is 11.3 Å². The number of benzene rings is 1. The van der Waals surface area contributed by atoms with Gasteiger partial charge in [0.2, 0.25) is 0 Å². The Labute approximate surface area is 141 Å². The van der Waals surface area contributed by atoms with E-state index in [0.717, 1.165) is 6.07 Å². The zero-order chi connectivity index (χ0) is 17.4. The van der Waals surface area contributed by atoms with Gasteiger partial charge in [0.05, 0.1) is 22.8 Å². The smallest absolute Gasteiger partial charge is 0.258 e. The molecule has 0 fully saturated rings. The van der Waals surface area contributed by atoms with E-state index in [1.54, 1.807) is 18.3 Å². The zero-order valence-electron chi connectivity index (χ0n) is 12.7. The lowest BCUT2D eigenvalue weighted by Crippen LogP contribution is -2.21. The van der Waals surface area contributed by atoms with Crippen molar-refractivity contribution in [2.75, 3.05) is 5.73 Å². The van der Waals surface area contributed by atoms with Crippen LogP contribution in [-0.4, -0.2) is 9.55 Å². The first-order chi connectivity index (χ1) is 11.5. The van der Waals surface area contributed by atoms with Gasteiger partial charge >= 0.3 is 0 Å². The lowest BCUT2D eigenvalue weighted by molar-refractivity contribution is 0.632. The Morgan fingerprint density at radius 1 is 1.33 bits per heavy atom. The number of nitrogens with two attached hydrogens (primary N) is 1. The number of nitrogen functional groups attached to an aromatic ring is 1. The van der Waals surface area contributed by atoms with Crippen molar-refractivity contribution in [3.8, 4) is 17.2 Å². The molecule has 0 radical (unpaired) electrons. The fourth-order valence-electron chi connectivity index (χ4n) is 2.66. The second kappa shape index (κ2) is 5.95. The van der Waals surface area contributed by atoms with Crippen LogP contribution in [-0.2, 0) is 6.54 Å². The highest BCUT2D eigenvalue weighted by Crippen LogP contribution is 2.28. The van der Waals surface area contributed by atoms with Crippen molar-refractivity contribution in [3.05, 3.63) is 57.3 Å². The van der Waals surface area contributed by atoms with Gasteiger partial charge in [-0.15, -0.1) is 0 Å². The van der Waals surface area contributed by atoms with Crippen LogP contribution in [0.1, 0.15) is 12.5 Å². The van der Waals surface area contributed by atoms with Crippen LogP contribution in [0, 0.1) is 17.1 Å². The minimum Gasteiger partial charge on any atom is -0.396 e. The molecule has 0 saturated heterocycles. The quantitative estimate of drug-likeness (QED) is 0.572. The topological polar surface area (TPSA) is 84.7 Å². The molecular weight excluding hydrogens is 331 g/mol. The molecule has 2 heterocycles. The summed E-state index contributed by atoms with van der Waals surface area (Å²) >= 11 is 5.91. The summed E-state index contributed by atoms with van der Waals surface area (Å²) in [6, 6.07) is 7.46. The molecule has 0 unspecified atom stereocenters. The minimum absolute atomic E-state index is 0.0442. The fraction of sp³-hybridized carbons (Fsp3) is 0.118. The number of aryl methyl sites for hydroxylation is 1. The molecule has 3 aromatic rings. The summed E-state index contributed by atoms with van der Waals surface area (Å²) in [5, 5.41) is 10.2. The molecule has 0 aliphatic carbocycles. The average molecular weight is 343 g/mol. The second-order valence-electron chi connectivity index (χ2n) is 5.20. The summed E-state index contributed by atoms with van der Waals surface area (Å²) in [7, 11) is 0. The Kier molecular flexibility index (Phi) is 3.96. The van der Waals surface area contributed by atoms with Crippen molar-refractivity contribution in [2.45, 2.75) is 13.5 Å². The number of fused-ring (bicyclic) bond motifs is 1. The van der Waals surface area contributed by atoms with Crippen molar-refractivity contribution < 1.29 is 4.39 Å². The first-order valence-electron chi connectivity index (χ1n) is 7.14. The predicted molar refractivity (Wildman–Crippen MR) is 91.2 cm³/mol. The van der Waals surface area contributed by atoms with Crippen LogP contribution in [0.5, 0.6) is 0 Å². The Balaban J connectivity index is 2.43. The molecule has 7 heteroatoms. The van der Waals surface area contributed by atoms with Crippen LogP contribution in [0.3, 0.4) is 0 Å². The molecule has 0 spiro atoms. The van der Waals surface area contributed by atoms with Crippen LogP contribution >= 0.6 is 11.6 Å². The Bertz CT molecular complexity index is 1070. The van der Waals surface area contributed by atoms with Gasteiger partial charge in [-0.25, -0.2) is 9.37 Å². The summed E-state index contributed by atoms with van der Waals surface area (Å²) < 4.78 is 15.1. The average Bonchev–Trinajstić information content (AvgIpc) is 2.56. The molecule has 0 amide bonds. The van der Waals surface area contributed by atoms with Gasteiger partial charge in [0, 0.05) is 29.3 Å². The molecule has 1 aromatic carbocycles. The van der Waals surface area contributed by atoms with Crippen LogP contribution in [0.15, 0.2) is 35.3 Å². The molecule has 2 aromatic heterocycles. The Hall–Kier alpha value is -2.91. The van der Waals surface area contributed by atoms with E-state index in [1.165, 1.54) is 10.6 Å². The number of anilines is 1. The molecule has 0 bridgehead atoms. The van der Waals surface area contributed by atoms with Crippen LogP contribution in [0.2, 0.25) is 5.15 Å². The summed E-state index contributed by atoms with van der Waals surface area (Å²) in [5.74, 6) is -0.694. The summed E-state index contributed by atoms with van der Waals surface area (Å²) in [5.41, 5.74) is 6.41. The maximum absolute atomic E-state index is 13.6. The summed E-state index contributed by atoms with van der Waals surface area (Å²) in [4.78, 5) is 16.9. The highest BCUT2D eigenvalue weighted by molar-refractivity contribution is 6.30. The van der Waals surface area contributed by atoms with Gasteiger partial charge in [-0.1, -0.05) is 11.6 Å². The number of pyridine rings is 2. The number of halogens is 2. The van der Waals surface area contributed by atoms with Gasteiger partial charge in [0.1, 0.15) is 11.0 Å². The van der Waals surface area contributed by atoms with E-state index in [1.807, 2.05) is 13.0 Å². The van der Waals surface area contributed by atoms with Crippen molar-refractivity contribution >= 4 is 28.2 Å². The second-order valence-corrected chi connectivity index (χ2v) is 5.59. The molecular formula is C17H12ClFN4O. The van der Waals surface area contributed by atoms with Crippen molar-refractivity contribution in [2.24, 2.45) is 0 Å². The summed E-state index contributed by atoms with van der Waals surface area (Å²) in [6.45, 7) is 2.23. The van der Waals surface area contributed by atoms with Gasteiger partial charge < -0.3 is 10.3 Å². The molecule has 0 saturated carbocycles. The first kappa shape index (κ1) is 16.0. The maximum atomic E-state index is 13.6. The van der Waals surface area contributed by atoms with E-state index < -0.39 is 5.82 Å². The normalized spacial score (nSPS) is 10.8.